The molecule has 5 nitrogen and oxygen atoms in total. The number of ether oxygens (including phenoxy) is 1. The summed E-state index contributed by atoms with van der Waals surface area (Å²) in [5.41, 5.74) is 0. The highest BCUT2D eigenvalue weighted by Crippen LogP contribution is 2.34. The number of likely N-dealkylation sites (N-methyl/N-ethyl adjacent to an activating group) is 1. The van der Waals surface area contributed by atoms with Gasteiger partial charge in [-0.2, -0.15) is 0 Å². The summed E-state index contributed by atoms with van der Waals surface area (Å²) in [4.78, 5) is 16.4. The Morgan fingerprint density at radius 2 is 2.16 bits per heavy atom. The topological polar surface area (TPSA) is 53.0 Å². The van der Waals surface area contributed by atoms with Crippen molar-refractivity contribution in [2.75, 3.05) is 32.8 Å². The van der Waals surface area contributed by atoms with E-state index in [4.69, 9.17) is 4.74 Å². The molecule has 19 heavy (non-hydrogen) atoms. The first-order valence-electron chi connectivity index (χ1n) is 7.52. The van der Waals surface area contributed by atoms with Gasteiger partial charge in [0.1, 0.15) is 0 Å². The summed E-state index contributed by atoms with van der Waals surface area (Å²) in [5, 5.41) is 9.34. The first-order valence-corrected chi connectivity index (χ1v) is 7.52. The number of fused-ring (bicyclic) bond motifs is 1. The van der Waals surface area contributed by atoms with Crippen molar-refractivity contribution in [1.82, 2.24) is 9.80 Å². The summed E-state index contributed by atoms with van der Waals surface area (Å²) in [6.07, 6.45) is 3.75. The zero-order chi connectivity index (χ0) is 13.4. The summed E-state index contributed by atoms with van der Waals surface area (Å²) in [6, 6.07) is 1.24. The van der Waals surface area contributed by atoms with E-state index in [1.165, 1.54) is 32.4 Å². The van der Waals surface area contributed by atoms with E-state index in [9.17, 15) is 9.90 Å². The van der Waals surface area contributed by atoms with Gasteiger partial charge in [-0.1, -0.05) is 6.92 Å². The van der Waals surface area contributed by atoms with Crippen molar-refractivity contribution in [1.29, 1.82) is 0 Å². The highest BCUT2D eigenvalue weighted by molar-refractivity contribution is 5.71. The fourth-order valence-electron chi connectivity index (χ4n) is 4.26. The Morgan fingerprint density at radius 1 is 1.32 bits per heavy atom. The van der Waals surface area contributed by atoms with Crippen molar-refractivity contribution in [3.8, 4) is 0 Å². The molecule has 4 unspecified atom stereocenters. The minimum Gasteiger partial charge on any atom is -0.481 e. The Labute approximate surface area is 114 Å². The van der Waals surface area contributed by atoms with Crippen LogP contribution in [0.15, 0.2) is 0 Å². The summed E-state index contributed by atoms with van der Waals surface area (Å²) in [6.45, 7) is 6.42. The van der Waals surface area contributed by atoms with Crippen LogP contribution < -0.4 is 0 Å². The van der Waals surface area contributed by atoms with E-state index in [2.05, 4.69) is 16.7 Å². The standard InChI is InChI=1S/C14H24N2O3/c1-2-16(13-9-19-8-10(13)14(17)18)12-5-7-15-6-3-4-11(12)15/h10-13H,2-9H2,1H3,(H,17,18). The minimum absolute atomic E-state index is 0.0630. The Kier molecular flexibility index (Phi) is 3.78. The van der Waals surface area contributed by atoms with E-state index in [0.717, 1.165) is 6.54 Å². The number of nitrogens with zero attached hydrogens (tertiary/aromatic N) is 2. The van der Waals surface area contributed by atoms with Crippen LogP contribution >= 0.6 is 0 Å². The Balaban J connectivity index is 1.75. The lowest BCUT2D eigenvalue weighted by Crippen LogP contribution is -2.52. The second kappa shape index (κ2) is 5.38. The van der Waals surface area contributed by atoms with Crippen molar-refractivity contribution < 1.29 is 14.6 Å². The second-order valence-corrected chi connectivity index (χ2v) is 5.98. The van der Waals surface area contributed by atoms with E-state index < -0.39 is 5.97 Å². The van der Waals surface area contributed by atoms with E-state index in [0.29, 0.717) is 25.3 Å². The Morgan fingerprint density at radius 3 is 2.89 bits per heavy atom. The molecule has 4 atom stereocenters. The molecule has 3 fully saturated rings. The van der Waals surface area contributed by atoms with Gasteiger partial charge in [0.25, 0.3) is 0 Å². The molecule has 3 saturated heterocycles. The Hall–Kier alpha value is -0.650. The number of hydrogen-bond donors (Lipinski definition) is 1. The molecule has 0 radical (unpaired) electrons. The van der Waals surface area contributed by atoms with Crippen LogP contribution in [0.4, 0.5) is 0 Å². The van der Waals surface area contributed by atoms with Crippen LogP contribution in [-0.4, -0.2) is 71.8 Å². The molecule has 1 N–H and O–H groups in total. The lowest BCUT2D eigenvalue weighted by molar-refractivity contribution is -0.143. The van der Waals surface area contributed by atoms with Gasteiger partial charge >= 0.3 is 5.97 Å². The monoisotopic (exact) mass is 268 g/mol. The van der Waals surface area contributed by atoms with E-state index >= 15 is 0 Å². The number of carboxylic acids is 1. The van der Waals surface area contributed by atoms with Crippen molar-refractivity contribution >= 4 is 5.97 Å². The lowest BCUT2D eigenvalue weighted by atomic mass is 9.97. The number of hydrogen-bond acceptors (Lipinski definition) is 4. The van der Waals surface area contributed by atoms with Gasteiger partial charge in [0.05, 0.1) is 19.1 Å². The third-order valence-corrected chi connectivity index (χ3v) is 5.16. The van der Waals surface area contributed by atoms with Crippen LogP contribution in [0.1, 0.15) is 26.2 Å². The highest BCUT2D eigenvalue weighted by atomic mass is 16.5. The molecule has 5 heteroatoms. The van der Waals surface area contributed by atoms with Gasteiger partial charge in [-0.15, -0.1) is 0 Å². The minimum atomic E-state index is -0.706. The molecule has 0 aromatic rings. The molecule has 0 saturated carbocycles. The molecule has 108 valence electrons. The van der Waals surface area contributed by atoms with Crippen LogP contribution in [0.3, 0.4) is 0 Å². The maximum Gasteiger partial charge on any atom is 0.310 e. The van der Waals surface area contributed by atoms with Gasteiger partial charge in [-0.25, -0.2) is 0 Å². The summed E-state index contributed by atoms with van der Waals surface area (Å²) >= 11 is 0. The number of carboxylic acid groups (broad SMARTS) is 1. The molecule has 0 aromatic heterocycles. The number of carbonyl (C=O) groups is 1. The maximum absolute atomic E-state index is 11.4. The predicted molar refractivity (Wildman–Crippen MR) is 71.1 cm³/mol. The molecule has 3 aliphatic heterocycles. The van der Waals surface area contributed by atoms with Crippen LogP contribution in [0, 0.1) is 5.92 Å². The first kappa shape index (κ1) is 13.3. The van der Waals surface area contributed by atoms with Gasteiger partial charge in [0.15, 0.2) is 0 Å². The van der Waals surface area contributed by atoms with E-state index in [1.807, 2.05) is 0 Å². The van der Waals surface area contributed by atoms with Crippen LogP contribution in [0.5, 0.6) is 0 Å². The normalized spacial score (nSPS) is 39.1. The number of aliphatic carboxylic acids is 1. The SMILES string of the molecule is CCN(C1COCC1C(=O)O)C1CCN2CCCC12. The quantitative estimate of drug-likeness (QED) is 0.811. The third kappa shape index (κ3) is 2.28. The number of rotatable bonds is 4. The van der Waals surface area contributed by atoms with Gasteiger partial charge in [-0.05, 0) is 32.4 Å². The average Bonchev–Trinajstić information content (AvgIpc) is 3.06. The smallest absolute Gasteiger partial charge is 0.310 e. The maximum atomic E-state index is 11.4. The molecule has 0 spiro atoms. The average molecular weight is 268 g/mol. The molecule has 0 aromatic carbocycles. The summed E-state index contributed by atoms with van der Waals surface area (Å²) in [5.74, 6) is -1.06. The van der Waals surface area contributed by atoms with Crippen molar-refractivity contribution in [2.24, 2.45) is 5.92 Å². The highest BCUT2D eigenvalue weighted by Gasteiger charge is 2.46. The van der Waals surface area contributed by atoms with Gasteiger partial charge < -0.3 is 9.84 Å². The second-order valence-electron chi connectivity index (χ2n) is 5.98. The molecule has 3 heterocycles. The van der Waals surface area contributed by atoms with Crippen LogP contribution in [-0.2, 0) is 9.53 Å². The van der Waals surface area contributed by atoms with Crippen molar-refractivity contribution in [2.45, 2.75) is 44.3 Å². The Bertz CT molecular complexity index is 350. The first-order chi connectivity index (χ1) is 9.22. The zero-order valence-electron chi connectivity index (χ0n) is 11.6. The molecule has 0 amide bonds. The van der Waals surface area contributed by atoms with Gasteiger partial charge in [-0.3, -0.25) is 14.6 Å². The van der Waals surface area contributed by atoms with E-state index in [1.54, 1.807) is 0 Å². The molecular weight excluding hydrogens is 244 g/mol. The predicted octanol–water partition coefficient (Wildman–Crippen LogP) is 0.645. The largest absolute Gasteiger partial charge is 0.481 e. The fraction of sp³-hybridized carbons (Fsp3) is 0.929. The third-order valence-electron chi connectivity index (χ3n) is 5.16. The van der Waals surface area contributed by atoms with Crippen molar-refractivity contribution in [3.05, 3.63) is 0 Å². The molecule has 3 rings (SSSR count). The lowest BCUT2D eigenvalue weighted by Gasteiger charge is -2.37. The van der Waals surface area contributed by atoms with Gasteiger partial charge in [0.2, 0.25) is 0 Å². The fourth-order valence-corrected chi connectivity index (χ4v) is 4.26. The molecule has 3 aliphatic rings. The molecular formula is C14H24N2O3. The van der Waals surface area contributed by atoms with E-state index in [-0.39, 0.29) is 12.0 Å². The van der Waals surface area contributed by atoms with Crippen LogP contribution in [0.2, 0.25) is 0 Å². The summed E-state index contributed by atoms with van der Waals surface area (Å²) in [7, 11) is 0. The zero-order valence-corrected chi connectivity index (χ0v) is 11.6. The summed E-state index contributed by atoms with van der Waals surface area (Å²) < 4.78 is 5.45. The molecule has 0 bridgehead atoms. The van der Waals surface area contributed by atoms with Gasteiger partial charge in [0, 0.05) is 24.7 Å². The van der Waals surface area contributed by atoms with Crippen LogP contribution in [0.25, 0.3) is 0 Å². The molecule has 0 aliphatic carbocycles. The van der Waals surface area contributed by atoms with Crippen molar-refractivity contribution in [3.63, 3.8) is 0 Å².